The van der Waals surface area contributed by atoms with Crippen LogP contribution in [-0.4, -0.2) is 37.5 Å². The Morgan fingerprint density at radius 2 is 2.10 bits per heavy atom. The second-order valence-electron chi connectivity index (χ2n) is 5.69. The minimum absolute atomic E-state index is 0.191. The average Bonchev–Trinajstić information content (AvgIpc) is 2.38. The third-order valence-corrected chi connectivity index (χ3v) is 3.86. The van der Waals surface area contributed by atoms with Crippen LogP contribution in [0, 0.1) is 5.82 Å². The Kier molecular flexibility index (Phi) is 4.62. The summed E-state index contributed by atoms with van der Waals surface area (Å²) in [5.41, 5.74) is 6.19. The first-order valence-electron chi connectivity index (χ1n) is 6.98. The minimum atomic E-state index is -0.806. The van der Waals surface area contributed by atoms with Crippen molar-refractivity contribution < 1.29 is 14.2 Å². The molecule has 0 spiro atoms. The fourth-order valence-electron chi connectivity index (χ4n) is 2.55. The SMILES string of the molecule is CC(N)c1ccc(N(C)CC2(O)CCOCC2)c(F)c1. The molecule has 2 rings (SSSR count). The molecule has 0 amide bonds. The monoisotopic (exact) mass is 282 g/mol. The zero-order valence-electron chi connectivity index (χ0n) is 12.1. The number of likely N-dealkylation sites (N-methyl/N-ethyl adjacent to an activating group) is 1. The van der Waals surface area contributed by atoms with Gasteiger partial charge in [0.05, 0.1) is 11.3 Å². The Bertz CT molecular complexity index is 459. The summed E-state index contributed by atoms with van der Waals surface area (Å²) in [4.78, 5) is 1.76. The van der Waals surface area contributed by atoms with Crippen LogP contribution in [0.5, 0.6) is 0 Å². The number of nitrogens with two attached hydrogens (primary N) is 1. The molecule has 3 N–H and O–H groups in total. The van der Waals surface area contributed by atoms with Crippen LogP contribution < -0.4 is 10.6 Å². The maximum absolute atomic E-state index is 14.1. The van der Waals surface area contributed by atoms with Crippen molar-refractivity contribution in [2.75, 3.05) is 31.7 Å². The van der Waals surface area contributed by atoms with Crippen LogP contribution in [0.4, 0.5) is 10.1 Å². The zero-order chi connectivity index (χ0) is 14.8. The van der Waals surface area contributed by atoms with Crippen molar-refractivity contribution in [2.24, 2.45) is 5.73 Å². The Hall–Kier alpha value is -1.17. The summed E-state index contributed by atoms with van der Waals surface area (Å²) in [7, 11) is 1.79. The lowest BCUT2D eigenvalue weighted by Crippen LogP contribution is -2.46. The van der Waals surface area contributed by atoms with Crippen LogP contribution >= 0.6 is 0 Å². The number of aliphatic hydroxyl groups is 1. The van der Waals surface area contributed by atoms with Crippen molar-refractivity contribution in [2.45, 2.75) is 31.4 Å². The van der Waals surface area contributed by atoms with Gasteiger partial charge in [-0.05, 0) is 24.6 Å². The molecule has 0 saturated carbocycles. The Morgan fingerprint density at radius 1 is 1.45 bits per heavy atom. The maximum Gasteiger partial charge on any atom is 0.146 e. The fourth-order valence-corrected chi connectivity index (χ4v) is 2.55. The normalized spacial score (nSPS) is 19.6. The van der Waals surface area contributed by atoms with Crippen molar-refractivity contribution in [1.82, 2.24) is 0 Å². The van der Waals surface area contributed by atoms with Crippen LogP contribution in [0.15, 0.2) is 18.2 Å². The van der Waals surface area contributed by atoms with E-state index in [1.54, 1.807) is 18.0 Å². The standard InChI is InChI=1S/C15H23FN2O2/c1-11(17)12-3-4-14(13(16)9-12)18(2)10-15(19)5-7-20-8-6-15/h3-4,9,11,19H,5-8,10,17H2,1-2H3. The number of anilines is 1. The van der Waals surface area contributed by atoms with Gasteiger partial charge in [0.2, 0.25) is 0 Å². The van der Waals surface area contributed by atoms with E-state index in [1.165, 1.54) is 6.07 Å². The first-order chi connectivity index (χ1) is 9.41. The van der Waals surface area contributed by atoms with E-state index in [0.717, 1.165) is 5.56 Å². The van der Waals surface area contributed by atoms with Gasteiger partial charge in [-0.3, -0.25) is 0 Å². The van der Waals surface area contributed by atoms with E-state index in [-0.39, 0.29) is 11.9 Å². The van der Waals surface area contributed by atoms with Crippen molar-refractivity contribution in [3.63, 3.8) is 0 Å². The molecule has 0 bridgehead atoms. The Morgan fingerprint density at radius 3 is 2.65 bits per heavy atom. The highest BCUT2D eigenvalue weighted by Gasteiger charge is 2.31. The molecule has 0 aromatic heterocycles. The predicted molar refractivity (Wildman–Crippen MR) is 77.3 cm³/mol. The molecule has 1 fully saturated rings. The van der Waals surface area contributed by atoms with Gasteiger partial charge < -0.3 is 20.5 Å². The molecular weight excluding hydrogens is 259 g/mol. The molecule has 1 aliphatic rings. The molecular formula is C15H23FN2O2. The summed E-state index contributed by atoms with van der Waals surface area (Å²) in [6, 6.07) is 4.82. The van der Waals surface area contributed by atoms with E-state index in [2.05, 4.69) is 0 Å². The van der Waals surface area contributed by atoms with Gasteiger partial charge in [0.25, 0.3) is 0 Å². The highest BCUT2D eigenvalue weighted by atomic mass is 19.1. The third kappa shape index (κ3) is 3.48. The predicted octanol–water partition coefficient (Wildman–Crippen LogP) is 1.82. The quantitative estimate of drug-likeness (QED) is 0.884. The largest absolute Gasteiger partial charge is 0.388 e. The van der Waals surface area contributed by atoms with Gasteiger partial charge in [-0.1, -0.05) is 6.07 Å². The van der Waals surface area contributed by atoms with Gasteiger partial charge in [0.1, 0.15) is 5.82 Å². The lowest BCUT2D eigenvalue weighted by Gasteiger charge is -2.36. The number of nitrogens with zero attached hydrogens (tertiary/aromatic N) is 1. The van der Waals surface area contributed by atoms with Crippen LogP contribution in [-0.2, 0) is 4.74 Å². The topological polar surface area (TPSA) is 58.7 Å². The molecule has 1 atom stereocenters. The molecule has 1 heterocycles. The van der Waals surface area contributed by atoms with E-state index in [1.807, 2.05) is 13.0 Å². The molecule has 1 aromatic rings. The molecule has 112 valence electrons. The second kappa shape index (κ2) is 6.08. The van der Waals surface area contributed by atoms with Crippen LogP contribution in [0.1, 0.15) is 31.4 Å². The fraction of sp³-hybridized carbons (Fsp3) is 0.600. The van der Waals surface area contributed by atoms with Gasteiger partial charge >= 0.3 is 0 Å². The minimum Gasteiger partial charge on any atom is -0.388 e. The van der Waals surface area contributed by atoms with E-state index in [9.17, 15) is 9.50 Å². The molecule has 5 heteroatoms. The Labute approximate surface area is 119 Å². The number of ether oxygens (including phenoxy) is 1. The summed E-state index contributed by atoms with van der Waals surface area (Å²) >= 11 is 0. The first kappa shape index (κ1) is 15.2. The number of hydrogen-bond acceptors (Lipinski definition) is 4. The van der Waals surface area contributed by atoms with Crippen molar-refractivity contribution in [1.29, 1.82) is 0 Å². The number of rotatable bonds is 4. The van der Waals surface area contributed by atoms with Gasteiger partial charge in [0, 0.05) is 45.7 Å². The number of benzene rings is 1. The molecule has 1 aliphatic heterocycles. The molecule has 4 nitrogen and oxygen atoms in total. The van der Waals surface area contributed by atoms with E-state index in [4.69, 9.17) is 10.5 Å². The van der Waals surface area contributed by atoms with Gasteiger partial charge in [0.15, 0.2) is 0 Å². The summed E-state index contributed by atoms with van der Waals surface area (Å²) < 4.78 is 19.4. The second-order valence-corrected chi connectivity index (χ2v) is 5.69. The van der Waals surface area contributed by atoms with E-state index < -0.39 is 5.60 Å². The van der Waals surface area contributed by atoms with Crippen LogP contribution in [0.2, 0.25) is 0 Å². The average molecular weight is 282 g/mol. The summed E-state index contributed by atoms with van der Waals surface area (Å²) in [6.07, 6.45) is 1.16. The first-order valence-corrected chi connectivity index (χ1v) is 6.98. The Balaban J connectivity index is 2.10. The molecule has 1 aromatic carbocycles. The van der Waals surface area contributed by atoms with E-state index in [0.29, 0.717) is 38.3 Å². The molecule has 20 heavy (non-hydrogen) atoms. The van der Waals surface area contributed by atoms with Crippen molar-refractivity contribution in [3.8, 4) is 0 Å². The van der Waals surface area contributed by atoms with Crippen molar-refractivity contribution in [3.05, 3.63) is 29.6 Å². The number of hydrogen-bond donors (Lipinski definition) is 2. The van der Waals surface area contributed by atoms with E-state index >= 15 is 0 Å². The number of halogens is 1. The summed E-state index contributed by atoms with van der Waals surface area (Å²) in [6.45, 7) is 3.32. The summed E-state index contributed by atoms with van der Waals surface area (Å²) in [5, 5.41) is 10.5. The lowest BCUT2D eigenvalue weighted by molar-refractivity contribution is -0.0573. The lowest BCUT2D eigenvalue weighted by atomic mass is 9.93. The molecule has 1 saturated heterocycles. The zero-order valence-corrected chi connectivity index (χ0v) is 12.1. The van der Waals surface area contributed by atoms with Crippen LogP contribution in [0.3, 0.4) is 0 Å². The van der Waals surface area contributed by atoms with Gasteiger partial charge in [-0.15, -0.1) is 0 Å². The maximum atomic E-state index is 14.1. The molecule has 0 aliphatic carbocycles. The summed E-state index contributed by atoms with van der Waals surface area (Å²) in [5.74, 6) is -0.307. The van der Waals surface area contributed by atoms with Gasteiger partial charge in [-0.2, -0.15) is 0 Å². The third-order valence-electron chi connectivity index (χ3n) is 3.86. The molecule has 0 radical (unpaired) electrons. The highest BCUT2D eigenvalue weighted by molar-refractivity contribution is 5.49. The smallest absolute Gasteiger partial charge is 0.146 e. The van der Waals surface area contributed by atoms with Crippen LogP contribution in [0.25, 0.3) is 0 Å². The highest BCUT2D eigenvalue weighted by Crippen LogP contribution is 2.26. The van der Waals surface area contributed by atoms with Gasteiger partial charge in [-0.25, -0.2) is 4.39 Å². The molecule has 1 unspecified atom stereocenters. The van der Waals surface area contributed by atoms with Crippen molar-refractivity contribution >= 4 is 5.69 Å².